The number of nitrogens with zero attached hydrogens (tertiary/aromatic N) is 3. The molecule has 1 aliphatic rings. The number of benzene rings is 1. The van der Waals surface area contributed by atoms with E-state index in [0.717, 1.165) is 23.0 Å². The molecule has 132 valence electrons. The SMILES string of the molecule is Nc1nccc(C2CCCN(C(=O)COc3ccc(Br)cc3Cl)C2)n1. The molecule has 1 amide bonds. The molecule has 3 rings (SSSR count). The maximum Gasteiger partial charge on any atom is 0.260 e. The summed E-state index contributed by atoms with van der Waals surface area (Å²) in [5.41, 5.74) is 6.53. The van der Waals surface area contributed by atoms with Gasteiger partial charge in [-0.25, -0.2) is 9.97 Å². The Bertz CT molecular complexity index is 774. The zero-order valence-corrected chi connectivity index (χ0v) is 15.8. The molecule has 1 fully saturated rings. The van der Waals surface area contributed by atoms with Gasteiger partial charge in [-0.15, -0.1) is 0 Å². The van der Waals surface area contributed by atoms with Gasteiger partial charge in [0.25, 0.3) is 5.91 Å². The van der Waals surface area contributed by atoms with Gasteiger partial charge < -0.3 is 15.4 Å². The number of likely N-dealkylation sites (tertiary alicyclic amines) is 1. The van der Waals surface area contributed by atoms with Gasteiger partial charge in [0.2, 0.25) is 5.95 Å². The Morgan fingerprint density at radius 1 is 1.44 bits per heavy atom. The molecule has 2 heterocycles. The van der Waals surface area contributed by atoms with Crippen molar-refractivity contribution < 1.29 is 9.53 Å². The number of amides is 1. The maximum atomic E-state index is 12.5. The minimum atomic E-state index is -0.0642. The quantitative estimate of drug-likeness (QED) is 0.813. The number of nitrogens with two attached hydrogens (primary N) is 1. The number of ether oxygens (including phenoxy) is 1. The lowest BCUT2D eigenvalue weighted by atomic mass is 9.94. The minimum absolute atomic E-state index is 0.0417. The predicted octanol–water partition coefficient (Wildman–Crippen LogP) is 3.26. The Labute approximate surface area is 159 Å². The van der Waals surface area contributed by atoms with Crippen LogP contribution in [0.1, 0.15) is 24.5 Å². The van der Waals surface area contributed by atoms with Crippen molar-refractivity contribution in [3.05, 3.63) is 45.7 Å². The first-order valence-corrected chi connectivity index (χ1v) is 9.14. The summed E-state index contributed by atoms with van der Waals surface area (Å²) in [6, 6.07) is 7.15. The summed E-state index contributed by atoms with van der Waals surface area (Å²) in [4.78, 5) is 22.5. The number of carbonyl (C=O) groups excluding carboxylic acids is 1. The van der Waals surface area contributed by atoms with Gasteiger partial charge >= 0.3 is 0 Å². The Hall–Kier alpha value is -1.86. The molecule has 1 unspecified atom stereocenters. The monoisotopic (exact) mass is 424 g/mol. The van der Waals surface area contributed by atoms with E-state index in [1.54, 1.807) is 23.2 Å². The van der Waals surface area contributed by atoms with Gasteiger partial charge in [0.05, 0.1) is 10.7 Å². The van der Waals surface area contributed by atoms with Crippen molar-refractivity contribution >= 4 is 39.4 Å². The fourth-order valence-corrected chi connectivity index (χ4v) is 3.61. The second kappa shape index (κ2) is 8.01. The standard InChI is InChI=1S/C17H18BrClN4O2/c18-12-3-4-15(13(19)8-12)25-10-16(24)23-7-1-2-11(9-23)14-5-6-21-17(20)22-14/h3-6,8,11H,1-2,7,9-10H2,(H2,20,21,22). The van der Waals surface area contributed by atoms with Gasteiger partial charge in [0.15, 0.2) is 6.61 Å². The van der Waals surface area contributed by atoms with Crippen molar-refractivity contribution in [3.8, 4) is 5.75 Å². The van der Waals surface area contributed by atoms with E-state index in [9.17, 15) is 4.79 Å². The van der Waals surface area contributed by atoms with E-state index >= 15 is 0 Å². The third-order valence-electron chi connectivity index (χ3n) is 4.13. The highest BCUT2D eigenvalue weighted by Gasteiger charge is 2.26. The highest BCUT2D eigenvalue weighted by Crippen LogP contribution is 2.28. The fraction of sp³-hybridized carbons (Fsp3) is 0.353. The van der Waals surface area contributed by atoms with Crippen molar-refractivity contribution in [1.29, 1.82) is 0 Å². The number of anilines is 1. The summed E-state index contributed by atoms with van der Waals surface area (Å²) >= 11 is 9.45. The van der Waals surface area contributed by atoms with Crippen LogP contribution in [0.4, 0.5) is 5.95 Å². The summed E-state index contributed by atoms with van der Waals surface area (Å²) < 4.78 is 6.44. The van der Waals surface area contributed by atoms with E-state index < -0.39 is 0 Å². The van der Waals surface area contributed by atoms with Crippen LogP contribution in [-0.2, 0) is 4.79 Å². The zero-order valence-electron chi connectivity index (χ0n) is 13.5. The van der Waals surface area contributed by atoms with Crippen molar-refractivity contribution in [1.82, 2.24) is 14.9 Å². The normalized spacial score (nSPS) is 17.4. The molecule has 1 aromatic heterocycles. The Morgan fingerprint density at radius 2 is 2.28 bits per heavy atom. The topological polar surface area (TPSA) is 81.3 Å². The summed E-state index contributed by atoms with van der Waals surface area (Å²) in [5.74, 6) is 0.856. The number of carbonyl (C=O) groups is 1. The van der Waals surface area contributed by atoms with Crippen molar-refractivity contribution in [2.75, 3.05) is 25.4 Å². The molecule has 0 saturated carbocycles. The summed E-state index contributed by atoms with van der Waals surface area (Å²) in [5, 5.41) is 0.468. The lowest BCUT2D eigenvalue weighted by Gasteiger charge is -2.32. The molecule has 0 radical (unpaired) electrons. The molecular weight excluding hydrogens is 408 g/mol. The lowest BCUT2D eigenvalue weighted by Crippen LogP contribution is -2.41. The molecule has 25 heavy (non-hydrogen) atoms. The van der Waals surface area contributed by atoms with Crippen LogP contribution in [0.2, 0.25) is 5.02 Å². The van der Waals surface area contributed by atoms with Crippen molar-refractivity contribution in [2.24, 2.45) is 0 Å². The van der Waals surface area contributed by atoms with Crippen LogP contribution in [0, 0.1) is 0 Å². The number of hydrogen-bond acceptors (Lipinski definition) is 5. The molecular formula is C17H18BrClN4O2. The number of rotatable bonds is 4. The largest absolute Gasteiger partial charge is 0.482 e. The Balaban J connectivity index is 1.60. The van der Waals surface area contributed by atoms with Gasteiger partial charge in [0, 0.05) is 29.7 Å². The molecule has 2 N–H and O–H groups in total. The van der Waals surface area contributed by atoms with Crippen LogP contribution in [-0.4, -0.2) is 40.5 Å². The number of piperidine rings is 1. The smallest absolute Gasteiger partial charge is 0.260 e. The average Bonchev–Trinajstić information content (AvgIpc) is 2.61. The molecule has 0 spiro atoms. The first-order chi connectivity index (χ1) is 12.0. The molecule has 1 aliphatic heterocycles. The van der Waals surface area contributed by atoms with E-state index in [1.807, 2.05) is 12.1 Å². The number of nitrogen functional groups attached to an aromatic ring is 1. The van der Waals surface area contributed by atoms with E-state index in [0.29, 0.717) is 23.9 Å². The Kier molecular flexibility index (Phi) is 5.75. The molecule has 2 aromatic rings. The second-order valence-electron chi connectivity index (χ2n) is 5.88. The van der Waals surface area contributed by atoms with Crippen LogP contribution in [0.3, 0.4) is 0 Å². The van der Waals surface area contributed by atoms with Gasteiger partial charge in [-0.05, 0) is 37.1 Å². The molecule has 1 saturated heterocycles. The molecule has 8 heteroatoms. The predicted molar refractivity (Wildman–Crippen MR) is 99.6 cm³/mol. The van der Waals surface area contributed by atoms with Crippen LogP contribution in [0.5, 0.6) is 5.75 Å². The summed E-state index contributed by atoms with van der Waals surface area (Å²) in [6.07, 6.45) is 3.54. The lowest BCUT2D eigenvalue weighted by molar-refractivity contribution is -0.134. The summed E-state index contributed by atoms with van der Waals surface area (Å²) in [7, 11) is 0. The maximum absolute atomic E-state index is 12.5. The minimum Gasteiger partial charge on any atom is -0.482 e. The van der Waals surface area contributed by atoms with Crippen LogP contribution in [0.15, 0.2) is 34.9 Å². The zero-order chi connectivity index (χ0) is 17.8. The second-order valence-corrected chi connectivity index (χ2v) is 7.20. The van der Waals surface area contributed by atoms with Crippen LogP contribution in [0.25, 0.3) is 0 Å². The number of hydrogen-bond donors (Lipinski definition) is 1. The van der Waals surface area contributed by atoms with E-state index in [-0.39, 0.29) is 24.4 Å². The number of aromatic nitrogens is 2. The van der Waals surface area contributed by atoms with Crippen molar-refractivity contribution in [3.63, 3.8) is 0 Å². The van der Waals surface area contributed by atoms with E-state index in [2.05, 4.69) is 25.9 Å². The van der Waals surface area contributed by atoms with Crippen LogP contribution < -0.4 is 10.5 Å². The molecule has 0 bridgehead atoms. The van der Waals surface area contributed by atoms with Crippen molar-refractivity contribution in [2.45, 2.75) is 18.8 Å². The third kappa shape index (κ3) is 4.61. The van der Waals surface area contributed by atoms with Crippen LogP contribution >= 0.6 is 27.5 Å². The van der Waals surface area contributed by atoms with E-state index in [4.69, 9.17) is 22.1 Å². The van der Waals surface area contributed by atoms with Gasteiger partial charge in [-0.1, -0.05) is 27.5 Å². The van der Waals surface area contributed by atoms with Gasteiger partial charge in [-0.2, -0.15) is 0 Å². The fourth-order valence-electron chi connectivity index (χ4n) is 2.88. The molecule has 6 nitrogen and oxygen atoms in total. The highest BCUT2D eigenvalue weighted by atomic mass is 79.9. The Morgan fingerprint density at radius 3 is 3.04 bits per heavy atom. The first kappa shape index (κ1) is 17.9. The number of halogens is 2. The third-order valence-corrected chi connectivity index (χ3v) is 4.92. The highest BCUT2D eigenvalue weighted by molar-refractivity contribution is 9.10. The molecule has 1 atom stereocenters. The van der Waals surface area contributed by atoms with E-state index in [1.165, 1.54) is 0 Å². The average molecular weight is 426 g/mol. The summed E-state index contributed by atoms with van der Waals surface area (Å²) in [6.45, 7) is 1.28. The van der Waals surface area contributed by atoms with Gasteiger partial charge in [-0.3, -0.25) is 4.79 Å². The van der Waals surface area contributed by atoms with Gasteiger partial charge in [0.1, 0.15) is 5.75 Å². The molecule has 0 aliphatic carbocycles. The first-order valence-electron chi connectivity index (χ1n) is 7.97. The molecule has 1 aromatic carbocycles.